The van der Waals surface area contributed by atoms with E-state index in [4.69, 9.17) is 40.5 Å². The number of hydrogen-bond acceptors (Lipinski definition) is 3. The van der Waals surface area contributed by atoms with E-state index in [1.807, 2.05) is 0 Å². The minimum absolute atomic E-state index is 0.193. The van der Waals surface area contributed by atoms with Crippen molar-refractivity contribution >= 4 is 40.8 Å². The first-order valence-corrected chi connectivity index (χ1v) is 5.44. The smallest absolute Gasteiger partial charge is 0.219 e. The van der Waals surface area contributed by atoms with Crippen LogP contribution in [-0.2, 0) is 0 Å². The van der Waals surface area contributed by atoms with Gasteiger partial charge in [-0.3, -0.25) is 0 Å². The molecule has 0 atom stereocenters. The fourth-order valence-electron chi connectivity index (χ4n) is 1.26. The monoisotopic (exact) mass is 273 g/mol. The number of anilines is 1. The van der Waals surface area contributed by atoms with Crippen molar-refractivity contribution in [2.24, 2.45) is 0 Å². The third-order valence-electron chi connectivity index (χ3n) is 2.00. The van der Waals surface area contributed by atoms with Crippen molar-refractivity contribution in [2.45, 2.75) is 0 Å². The highest BCUT2D eigenvalue weighted by Gasteiger charge is 2.12. The molecule has 2 aromatic rings. The molecule has 0 bridgehead atoms. The van der Waals surface area contributed by atoms with E-state index < -0.39 is 0 Å². The van der Waals surface area contributed by atoms with Crippen LogP contribution in [-0.4, -0.2) is 9.97 Å². The molecule has 0 aliphatic carbocycles. The van der Waals surface area contributed by atoms with E-state index in [1.165, 1.54) is 0 Å². The quantitative estimate of drug-likeness (QED) is 0.807. The number of hydrogen-bond donors (Lipinski definition) is 1. The van der Waals surface area contributed by atoms with Gasteiger partial charge in [-0.1, -0.05) is 34.8 Å². The maximum absolute atomic E-state index is 6.07. The Bertz CT molecular complexity index is 526. The summed E-state index contributed by atoms with van der Waals surface area (Å²) in [5, 5.41) is 1.29. The molecule has 0 saturated heterocycles. The zero-order valence-electron chi connectivity index (χ0n) is 7.92. The van der Waals surface area contributed by atoms with Crippen LogP contribution in [0.25, 0.3) is 11.1 Å². The van der Waals surface area contributed by atoms with E-state index in [0.29, 0.717) is 26.2 Å². The lowest BCUT2D eigenvalue weighted by Crippen LogP contribution is -1.94. The lowest BCUT2D eigenvalue weighted by molar-refractivity contribution is 1.19. The van der Waals surface area contributed by atoms with Crippen LogP contribution in [0.2, 0.25) is 15.1 Å². The molecule has 0 fully saturated rings. The average molecular weight is 275 g/mol. The molecule has 3 nitrogen and oxygen atoms in total. The van der Waals surface area contributed by atoms with Crippen LogP contribution in [0, 0.1) is 0 Å². The minimum atomic E-state index is 0.193. The second kappa shape index (κ2) is 4.45. The van der Waals surface area contributed by atoms with Gasteiger partial charge >= 0.3 is 0 Å². The summed E-state index contributed by atoms with van der Waals surface area (Å²) in [5.74, 6) is 0.193. The van der Waals surface area contributed by atoms with Crippen molar-refractivity contribution in [3.63, 3.8) is 0 Å². The van der Waals surface area contributed by atoms with Crippen LogP contribution >= 0.6 is 34.8 Å². The summed E-state index contributed by atoms with van der Waals surface area (Å²) < 4.78 is 0. The van der Waals surface area contributed by atoms with Crippen LogP contribution in [0.1, 0.15) is 0 Å². The molecule has 16 heavy (non-hydrogen) atoms. The molecule has 0 amide bonds. The molecule has 0 aliphatic rings. The minimum Gasteiger partial charge on any atom is -0.368 e. The standard InChI is InChI=1S/C10H6Cl3N3/c11-6-1-2-7(12)9(13)8(6)5-3-15-10(14)16-4-5/h1-4H,(H2,14,15,16). The van der Waals surface area contributed by atoms with Crippen molar-refractivity contribution in [1.29, 1.82) is 0 Å². The van der Waals surface area contributed by atoms with Crippen molar-refractivity contribution < 1.29 is 0 Å². The Kier molecular flexibility index (Phi) is 3.19. The second-order valence-electron chi connectivity index (χ2n) is 3.05. The van der Waals surface area contributed by atoms with Crippen LogP contribution < -0.4 is 5.73 Å². The van der Waals surface area contributed by atoms with Gasteiger partial charge in [0.1, 0.15) is 0 Å². The predicted molar refractivity (Wildman–Crippen MR) is 66.9 cm³/mol. The zero-order chi connectivity index (χ0) is 11.7. The number of nitrogen functional groups attached to an aromatic ring is 1. The number of nitrogens with zero attached hydrogens (tertiary/aromatic N) is 2. The Labute approximate surface area is 107 Å². The number of nitrogens with two attached hydrogens (primary N) is 1. The Morgan fingerprint density at radius 2 is 1.50 bits per heavy atom. The van der Waals surface area contributed by atoms with Crippen LogP contribution in [0.4, 0.5) is 5.95 Å². The van der Waals surface area contributed by atoms with Crippen molar-refractivity contribution in [3.8, 4) is 11.1 Å². The van der Waals surface area contributed by atoms with Gasteiger partial charge in [0, 0.05) is 23.5 Å². The summed E-state index contributed by atoms with van der Waals surface area (Å²) in [6.07, 6.45) is 3.09. The highest BCUT2D eigenvalue weighted by atomic mass is 35.5. The van der Waals surface area contributed by atoms with Gasteiger partial charge in [0.25, 0.3) is 0 Å². The summed E-state index contributed by atoms with van der Waals surface area (Å²) in [5.41, 5.74) is 6.68. The molecule has 2 N–H and O–H groups in total. The average Bonchev–Trinajstić information content (AvgIpc) is 2.27. The summed E-state index contributed by atoms with van der Waals surface area (Å²) >= 11 is 18.0. The first-order valence-electron chi connectivity index (χ1n) is 4.31. The lowest BCUT2D eigenvalue weighted by atomic mass is 10.1. The topological polar surface area (TPSA) is 51.8 Å². The molecule has 0 radical (unpaired) electrons. The summed E-state index contributed by atoms with van der Waals surface area (Å²) in [7, 11) is 0. The van der Waals surface area contributed by atoms with Gasteiger partial charge < -0.3 is 5.73 Å². The van der Waals surface area contributed by atoms with Gasteiger partial charge in [-0.05, 0) is 12.1 Å². The maximum atomic E-state index is 6.07. The maximum Gasteiger partial charge on any atom is 0.219 e. The Morgan fingerprint density at radius 1 is 0.938 bits per heavy atom. The van der Waals surface area contributed by atoms with E-state index in [0.717, 1.165) is 0 Å². The molecule has 2 rings (SSSR count). The van der Waals surface area contributed by atoms with E-state index >= 15 is 0 Å². The molecule has 0 spiro atoms. The number of rotatable bonds is 1. The molecule has 6 heteroatoms. The van der Waals surface area contributed by atoms with Crippen LogP contribution in [0.5, 0.6) is 0 Å². The number of benzene rings is 1. The lowest BCUT2D eigenvalue weighted by Gasteiger charge is -2.07. The number of halogens is 3. The molecular formula is C10H6Cl3N3. The summed E-state index contributed by atoms with van der Waals surface area (Å²) in [6.45, 7) is 0. The summed E-state index contributed by atoms with van der Waals surface area (Å²) in [4.78, 5) is 7.75. The second-order valence-corrected chi connectivity index (χ2v) is 4.24. The highest BCUT2D eigenvalue weighted by molar-refractivity contribution is 6.46. The van der Waals surface area contributed by atoms with E-state index in [-0.39, 0.29) is 5.95 Å². The Hall–Kier alpha value is -1.03. The first-order chi connectivity index (χ1) is 7.59. The fourth-order valence-corrected chi connectivity index (χ4v) is 2.01. The highest BCUT2D eigenvalue weighted by Crippen LogP contribution is 2.38. The zero-order valence-corrected chi connectivity index (χ0v) is 10.2. The number of aromatic nitrogens is 2. The van der Waals surface area contributed by atoms with Gasteiger partial charge in [-0.2, -0.15) is 0 Å². The molecule has 0 aliphatic heterocycles. The summed E-state index contributed by atoms with van der Waals surface area (Å²) in [6, 6.07) is 3.30. The largest absolute Gasteiger partial charge is 0.368 e. The molecule has 1 aromatic carbocycles. The van der Waals surface area contributed by atoms with E-state index in [9.17, 15) is 0 Å². The van der Waals surface area contributed by atoms with Gasteiger partial charge in [0.15, 0.2) is 0 Å². The molecule has 0 saturated carbocycles. The third kappa shape index (κ3) is 2.07. The van der Waals surface area contributed by atoms with Gasteiger partial charge in [-0.25, -0.2) is 9.97 Å². The van der Waals surface area contributed by atoms with Crippen LogP contribution in [0.15, 0.2) is 24.5 Å². The third-order valence-corrected chi connectivity index (χ3v) is 3.12. The van der Waals surface area contributed by atoms with Crippen molar-refractivity contribution in [1.82, 2.24) is 9.97 Å². The van der Waals surface area contributed by atoms with E-state index in [2.05, 4.69) is 9.97 Å². The molecule has 0 unspecified atom stereocenters. The van der Waals surface area contributed by atoms with Crippen LogP contribution in [0.3, 0.4) is 0 Å². The molecular weight excluding hydrogens is 268 g/mol. The molecule has 1 aromatic heterocycles. The fraction of sp³-hybridized carbons (Fsp3) is 0. The molecule has 1 heterocycles. The predicted octanol–water partition coefficient (Wildman–Crippen LogP) is 3.69. The van der Waals surface area contributed by atoms with E-state index in [1.54, 1.807) is 24.5 Å². The van der Waals surface area contributed by atoms with Crippen molar-refractivity contribution in [3.05, 3.63) is 39.6 Å². The Morgan fingerprint density at radius 3 is 2.12 bits per heavy atom. The molecule has 82 valence electrons. The SMILES string of the molecule is Nc1ncc(-c2c(Cl)ccc(Cl)c2Cl)cn1. The van der Waals surface area contributed by atoms with Gasteiger partial charge in [0.05, 0.1) is 15.1 Å². The van der Waals surface area contributed by atoms with Crippen molar-refractivity contribution in [2.75, 3.05) is 5.73 Å². The van der Waals surface area contributed by atoms with Gasteiger partial charge in [0.2, 0.25) is 5.95 Å². The normalized spacial score (nSPS) is 10.4. The first kappa shape index (κ1) is 11.5. The van der Waals surface area contributed by atoms with Gasteiger partial charge in [-0.15, -0.1) is 0 Å². The Balaban J connectivity index is 2.63.